The molecule has 3 nitrogen and oxygen atoms in total. The van der Waals surface area contributed by atoms with E-state index in [2.05, 4.69) is 9.88 Å². The number of aromatic nitrogens is 1. The van der Waals surface area contributed by atoms with Gasteiger partial charge in [-0.3, -0.25) is 4.90 Å². The van der Waals surface area contributed by atoms with E-state index in [0.717, 1.165) is 23.9 Å². The number of fused-ring (bicyclic) bond motifs is 1. The van der Waals surface area contributed by atoms with Gasteiger partial charge in [-0.2, -0.15) is 0 Å². The second kappa shape index (κ2) is 6.14. The van der Waals surface area contributed by atoms with E-state index in [-0.39, 0.29) is 0 Å². The first-order chi connectivity index (χ1) is 9.35. The van der Waals surface area contributed by atoms with E-state index in [0.29, 0.717) is 0 Å². The number of hydrogen-bond donors (Lipinski definition) is 1. The summed E-state index contributed by atoms with van der Waals surface area (Å²) in [5.41, 5.74) is 1.23. The minimum Gasteiger partial charge on any atom is -0.306 e. The van der Waals surface area contributed by atoms with Crippen LogP contribution in [0.5, 0.6) is 0 Å². The maximum Gasteiger partial charge on any atom is 0.134 e. The Labute approximate surface area is 119 Å². The van der Waals surface area contributed by atoms with Crippen LogP contribution in [0.2, 0.25) is 0 Å². The molecule has 0 saturated heterocycles. The van der Waals surface area contributed by atoms with Crippen LogP contribution in [0.3, 0.4) is 0 Å². The molecule has 1 aromatic heterocycles. The van der Waals surface area contributed by atoms with Crippen molar-refractivity contribution in [3.05, 3.63) is 15.6 Å². The first-order valence-electron chi connectivity index (χ1n) is 7.56. The molecule has 0 amide bonds. The highest BCUT2D eigenvalue weighted by atomic mass is 32.1. The average Bonchev–Trinajstić information content (AvgIpc) is 2.88. The summed E-state index contributed by atoms with van der Waals surface area (Å²) in [5, 5.41) is 8.17. The summed E-state index contributed by atoms with van der Waals surface area (Å²) in [6, 6.07) is 0. The van der Waals surface area contributed by atoms with E-state index >= 15 is 0 Å². The van der Waals surface area contributed by atoms with Gasteiger partial charge in [0.2, 0.25) is 0 Å². The van der Waals surface area contributed by atoms with Crippen LogP contribution in [-0.4, -0.2) is 29.2 Å². The number of hydrogen-bond acceptors (Lipinski definition) is 4. The first kappa shape index (κ1) is 13.3. The predicted octanol–water partition coefficient (Wildman–Crippen LogP) is 3.47. The van der Waals surface area contributed by atoms with Crippen LogP contribution >= 0.6 is 11.3 Å². The lowest BCUT2D eigenvalue weighted by Gasteiger charge is -2.29. The zero-order valence-electron chi connectivity index (χ0n) is 11.5. The van der Waals surface area contributed by atoms with Gasteiger partial charge in [0.1, 0.15) is 5.01 Å². The Bertz CT molecular complexity index is 435. The molecule has 0 unspecified atom stereocenters. The molecule has 2 heterocycles. The summed E-state index contributed by atoms with van der Waals surface area (Å²) in [4.78, 5) is 8.52. The highest BCUT2D eigenvalue weighted by molar-refractivity contribution is 7.13. The van der Waals surface area contributed by atoms with Crippen molar-refractivity contribution in [2.24, 2.45) is 5.92 Å². The Hall–Kier alpha value is -0.740. The van der Waals surface area contributed by atoms with Gasteiger partial charge in [0.15, 0.2) is 0 Å². The Kier molecular flexibility index (Phi) is 4.28. The quantitative estimate of drug-likeness (QED) is 0.856. The van der Waals surface area contributed by atoms with Crippen molar-refractivity contribution < 1.29 is 0 Å². The van der Waals surface area contributed by atoms with Gasteiger partial charge >= 0.3 is 0 Å². The molecule has 1 N–H and O–H groups in total. The lowest BCUT2D eigenvalue weighted by atomic mass is 9.87. The smallest absolute Gasteiger partial charge is 0.134 e. The number of nitrogens with zero attached hydrogens (tertiary/aromatic N) is 2. The monoisotopic (exact) mass is 277 g/mol. The summed E-state index contributed by atoms with van der Waals surface area (Å²) < 4.78 is 0. The van der Waals surface area contributed by atoms with E-state index < -0.39 is 0 Å². The van der Waals surface area contributed by atoms with Gasteiger partial charge in [0, 0.05) is 18.0 Å². The first-order valence-corrected chi connectivity index (χ1v) is 8.38. The van der Waals surface area contributed by atoms with Gasteiger partial charge in [-0.05, 0) is 25.3 Å². The highest BCUT2D eigenvalue weighted by Gasteiger charge is 2.21. The average molecular weight is 277 g/mol. The number of rotatable bonds is 4. The third-order valence-electron chi connectivity index (χ3n) is 4.53. The molecule has 0 atom stereocenters. The fraction of sp³-hybridized carbons (Fsp3) is 0.733. The zero-order valence-corrected chi connectivity index (χ0v) is 12.3. The molecule has 1 aliphatic heterocycles. The summed E-state index contributed by atoms with van der Waals surface area (Å²) >= 11 is 1.70. The molecular weight excluding hydrogens is 254 g/mol. The second-order valence-corrected chi connectivity index (χ2v) is 7.00. The maximum absolute atomic E-state index is 7.30. The number of thiazole rings is 1. The van der Waals surface area contributed by atoms with Crippen molar-refractivity contribution >= 4 is 17.6 Å². The van der Waals surface area contributed by atoms with Gasteiger partial charge in [-0.15, -0.1) is 11.3 Å². The van der Waals surface area contributed by atoms with Gasteiger partial charge in [-0.1, -0.05) is 32.1 Å². The predicted molar refractivity (Wildman–Crippen MR) is 80.2 cm³/mol. The summed E-state index contributed by atoms with van der Waals surface area (Å²) in [6.07, 6.45) is 11.1. The van der Waals surface area contributed by atoms with Crippen molar-refractivity contribution in [1.29, 1.82) is 5.41 Å². The third-order valence-corrected chi connectivity index (χ3v) is 5.63. The molecule has 0 bridgehead atoms. The molecule has 1 saturated carbocycles. The molecule has 0 spiro atoms. The van der Waals surface area contributed by atoms with Crippen molar-refractivity contribution in [2.45, 2.75) is 51.5 Å². The van der Waals surface area contributed by atoms with Crippen LogP contribution in [0, 0.1) is 11.3 Å². The molecule has 0 aromatic carbocycles. The van der Waals surface area contributed by atoms with Crippen LogP contribution in [0.15, 0.2) is 0 Å². The minimum absolute atomic E-state index is 0.874. The van der Waals surface area contributed by atoms with Crippen LogP contribution in [0.4, 0.5) is 0 Å². The topological polar surface area (TPSA) is 40.0 Å². The Morgan fingerprint density at radius 1 is 1.32 bits per heavy atom. The van der Waals surface area contributed by atoms with Gasteiger partial charge in [-0.25, -0.2) is 4.98 Å². The SMILES string of the molecule is N=Cc1nc2c(s1)CCN(CCC1CCCCC1)C2. The Morgan fingerprint density at radius 3 is 2.95 bits per heavy atom. The Morgan fingerprint density at radius 2 is 2.16 bits per heavy atom. The molecule has 0 radical (unpaired) electrons. The van der Waals surface area contributed by atoms with E-state index in [9.17, 15) is 0 Å². The van der Waals surface area contributed by atoms with Gasteiger partial charge < -0.3 is 5.41 Å². The summed E-state index contributed by atoms with van der Waals surface area (Å²) in [5.74, 6) is 0.975. The molecule has 1 fully saturated rings. The van der Waals surface area contributed by atoms with Gasteiger partial charge in [0.25, 0.3) is 0 Å². The largest absolute Gasteiger partial charge is 0.306 e. The van der Waals surface area contributed by atoms with Crippen LogP contribution in [0.1, 0.15) is 54.1 Å². The molecule has 3 rings (SSSR count). The summed E-state index contributed by atoms with van der Waals surface area (Å²) in [7, 11) is 0. The molecular formula is C15H23N3S. The normalized spacial score (nSPS) is 21.3. The van der Waals surface area contributed by atoms with Crippen molar-refractivity contribution in [2.75, 3.05) is 13.1 Å². The number of nitrogens with one attached hydrogen (secondary N) is 1. The second-order valence-electron chi connectivity index (χ2n) is 5.89. The standard InChI is InChI=1S/C15H23N3S/c16-10-15-17-13-11-18(9-7-14(13)19-15)8-6-12-4-2-1-3-5-12/h10,12,16H,1-9,11H2. The minimum atomic E-state index is 0.874. The lowest BCUT2D eigenvalue weighted by Crippen LogP contribution is -2.32. The lowest BCUT2D eigenvalue weighted by molar-refractivity contribution is 0.216. The molecule has 1 aromatic rings. The highest BCUT2D eigenvalue weighted by Crippen LogP contribution is 2.28. The van der Waals surface area contributed by atoms with E-state index in [1.54, 1.807) is 11.3 Å². The van der Waals surface area contributed by atoms with Crippen LogP contribution in [-0.2, 0) is 13.0 Å². The molecule has 1 aliphatic carbocycles. The van der Waals surface area contributed by atoms with E-state index in [4.69, 9.17) is 5.41 Å². The summed E-state index contributed by atoms with van der Waals surface area (Å²) in [6.45, 7) is 3.42. The zero-order chi connectivity index (χ0) is 13.1. The fourth-order valence-corrected chi connectivity index (χ4v) is 4.25. The van der Waals surface area contributed by atoms with Crippen molar-refractivity contribution in [3.63, 3.8) is 0 Å². The Balaban J connectivity index is 1.52. The van der Waals surface area contributed by atoms with E-state index in [1.807, 2.05) is 0 Å². The van der Waals surface area contributed by atoms with Gasteiger partial charge in [0.05, 0.1) is 11.9 Å². The third kappa shape index (κ3) is 3.23. The molecule has 2 aliphatic rings. The van der Waals surface area contributed by atoms with Crippen LogP contribution in [0.25, 0.3) is 0 Å². The van der Waals surface area contributed by atoms with Crippen molar-refractivity contribution in [1.82, 2.24) is 9.88 Å². The molecule has 19 heavy (non-hydrogen) atoms. The van der Waals surface area contributed by atoms with Crippen LogP contribution < -0.4 is 0 Å². The fourth-order valence-electron chi connectivity index (χ4n) is 3.37. The molecule has 4 heteroatoms. The molecule has 104 valence electrons. The maximum atomic E-state index is 7.30. The van der Waals surface area contributed by atoms with E-state index in [1.165, 1.54) is 68.4 Å². The van der Waals surface area contributed by atoms with Crippen molar-refractivity contribution in [3.8, 4) is 0 Å².